The molecule has 6 nitrogen and oxygen atoms in total. The summed E-state index contributed by atoms with van der Waals surface area (Å²) in [6.07, 6.45) is 4.52. The third-order valence-corrected chi connectivity index (χ3v) is 9.83. The molecule has 242 valence electrons. The monoisotopic (exact) mass is 745 g/mol. The van der Waals surface area contributed by atoms with Crippen molar-refractivity contribution in [3.05, 3.63) is 163 Å². The van der Waals surface area contributed by atoms with Crippen LogP contribution in [0.15, 0.2) is 140 Å². The van der Waals surface area contributed by atoms with E-state index in [0.717, 1.165) is 73.1 Å². The van der Waals surface area contributed by atoms with Crippen molar-refractivity contribution >= 4 is 49.4 Å². The van der Waals surface area contributed by atoms with E-state index < -0.39 is 0 Å². The topological polar surface area (TPSA) is 57.2 Å². The van der Waals surface area contributed by atoms with Gasteiger partial charge in [0.25, 0.3) is 0 Å². The van der Waals surface area contributed by atoms with Gasteiger partial charge in [-0.15, -0.1) is 23.8 Å². The molecule has 0 spiro atoms. The van der Waals surface area contributed by atoms with E-state index in [1.54, 1.807) is 0 Å². The van der Waals surface area contributed by atoms with E-state index in [9.17, 15) is 0 Å². The molecule has 10 aromatic rings. The third kappa shape index (κ3) is 4.42. The molecule has 51 heavy (non-hydrogen) atoms. The zero-order chi connectivity index (χ0) is 32.8. The number of hydrogen-bond donors (Lipinski definition) is 0. The average molecular weight is 746 g/mol. The first-order valence-electron chi connectivity index (χ1n) is 16.7. The van der Waals surface area contributed by atoms with E-state index in [2.05, 4.69) is 112 Å². The van der Waals surface area contributed by atoms with Crippen LogP contribution in [0.25, 0.3) is 77.6 Å². The van der Waals surface area contributed by atoms with E-state index in [1.807, 2.05) is 48.8 Å². The van der Waals surface area contributed by atoms with E-state index >= 15 is 0 Å². The normalized spacial score (nSPS) is 12.1. The van der Waals surface area contributed by atoms with Crippen molar-refractivity contribution in [3.63, 3.8) is 0 Å². The Labute approximate surface area is 306 Å². The number of hydrogen-bond acceptors (Lipinski definition) is 4. The average Bonchev–Trinajstić information content (AvgIpc) is 3.75. The minimum absolute atomic E-state index is 0. The Balaban J connectivity index is 0.00000327. The van der Waals surface area contributed by atoms with Crippen molar-refractivity contribution in [2.45, 2.75) is 6.42 Å². The van der Waals surface area contributed by atoms with E-state index in [1.165, 1.54) is 22.0 Å². The standard InChI is InChI=1S/C44H25N5O.Pd/c1-3-10-27(11-4-1)39-42(28-12-5-2-6-13-28)48-37-17-9-22-45-40(37)33-21-20-31(25-36(33)44(48)47-39)50-32-19-18-29-24-30-14-7-15-34-35-16-8-23-46-43(35)49(41(30)34)38(29)26-32;/h1-23H,24H2;/q-2;+2. The number of fused-ring (bicyclic) bond motifs is 11. The van der Waals surface area contributed by atoms with Crippen molar-refractivity contribution in [1.29, 1.82) is 0 Å². The Morgan fingerprint density at radius 1 is 0.588 bits per heavy atom. The number of rotatable bonds is 4. The third-order valence-electron chi connectivity index (χ3n) is 9.83. The smallest absolute Gasteiger partial charge is 0.503 e. The van der Waals surface area contributed by atoms with Crippen LogP contribution in [-0.2, 0) is 26.8 Å². The number of pyridine rings is 3. The Morgan fingerprint density at radius 3 is 2.20 bits per heavy atom. The molecule has 7 heteroatoms. The summed E-state index contributed by atoms with van der Waals surface area (Å²) in [4.78, 5) is 15.0. The second-order valence-corrected chi connectivity index (χ2v) is 12.7. The van der Waals surface area contributed by atoms with Gasteiger partial charge in [-0.2, -0.15) is 6.07 Å². The molecule has 6 heterocycles. The van der Waals surface area contributed by atoms with Crippen molar-refractivity contribution in [3.8, 4) is 39.7 Å². The SMILES string of the molecule is [Pd+2].[c-]1c(Oc2[c-]c3c(cc2)c2ncccc2n2c(-c4ccccc4)c(-c4ccccc4)nc32)ccc2c1-n1c3ncccc3c3cccc(c31)C2. The van der Waals surface area contributed by atoms with E-state index in [0.29, 0.717) is 11.5 Å². The van der Waals surface area contributed by atoms with Gasteiger partial charge in [-0.3, -0.25) is 9.97 Å². The van der Waals surface area contributed by atoms with Crippen LogP contribution in [0.2, 0.25) is 0 Å². The van der Waals surface area contributed by atoms with Crippen molar-refractivity contribution in [2.75, 3.05) is 0 Å². The molecule has 0 fully saturated rings. The predicted molar refractivity (Wildman–Crippen MR) is 198 cm³/mol. The maximum atomic E-state index is 6.59. The number of imidazole rings is 1. The zero-order valence-corrected chi connectivity index (χ0v) is 28.5. The summed E-state index contributed by atoms with van der Waals surface area (Å²) < 4.78 is 11.0. The van der Waals surface area contributed by atoms with Gasteiger partial charge in [0, 0.05) is 40.2 Å². The summed E-state index contributed by atoms with van der Waals surface area (Å²) in [6, 6.07) is 50.9. The fourth-order valence-corrected chi connectivity index (χ4v) is 7.72. The summed E-state index contributed by atoms with van der Waals surface area (Å²) in [5.74, 6) is 1.19. The zero-order valence-electron chi connectivity index (χ0n) is 26.9. The summed E-state index contributed by atoms with van der Waals surface area (Å²) in [6.45, 7) is 0. The molecule has 1 aliphatic heterocycles. The molecule has 0 atom stereocenters. The molecular formula is C44H25N5OPd. The summed E-state index contributed by atoms with van der Waals surface area (Å²) >= 11 is 0. The molecule has 0 bridgehead atoms. The van der Waals surface area contributed by atoms with Gasteiger partial charge in [0.05, 0.1) is 33.6 Å². The number of para-hydroxylation sites is 1. The van der Waals surface area contributed by atoms with E-state index in [4.69, 9.17) is 19.7 Å². The van der Waals surface area contributed by atoms with Crippen LogP contribution in [-0.4, -0.2) is 23.9 Å². The van der Waals surface area contributed by atoms with Crippen molar-refractivity contribution in [1.82, 2.24) is 23.9 Å². The Morgan fingerprint density at radius 2 is 1.33 bits per heavy atom. The molecule has 5 aromatic heterocycles. The molecule has 0 aliphatic carbocycles. The van der Waals surface area contributed by atoms with Gasteiger partial charge >= 0.3 is 20.4 Å². The van der Waals surface area contributed by atoms with Crippen LogP contribution in [0.5, 0.6) is 11.5 Å². The van der Waals surface area contributed by atoms with Crippen LogP contribution >= 0.6 is 0 Å². The predicted octanol–water partition coefficient (Wildman–Crippen LogP) is 10.2. The molecule has 0 saturated carbocycles. The molecular weight excluding hydrogens is 721 g/mol. The van der Waals surface area contributed by atoms with Gasteiger partial charge in [-0.1, -0.05) is 107 Å². The van der Waals surface area contributed by atoms with E-state index in [-0.39, 0.29) is 20.4 Å². The van der Waals surface area contributed by atoms with Crippen LogP contribution in [0.1, 0.15) is 11.1 Å². The van der Waals surface area contributed by atoms with Gasteiger partial charge in [0.15, 0.2) is 0 Å². The van der Waals surface area contributed by atoms with Crippen LogP contribution in [0, 0.1) is 12.1 Å². The summed E-state index contributed by atoms with van der Waals surface area (Å²) in [5, 5.41) is 4.13. The second-order valence-electron chi connectivity index (χ2n) is 12.7. The van der Waals surface area contributed by atoms with Crippen molar-refractivity contribution < 1.29 is 25.2 Å². The Kier molecular flexibility index (Phi) is 6.69. The van der Waals surface area contributed by atoms with Gasteiger partial charge < -0.3 is 13.7 Å². The molecule has 11 rings (SSSR count). The fourth-order valence-electron chi connectivity index (χ4n) is 7.72. The molecule has 0 radical (unpaired) electrons. The molecule has 0 saturated heterocycles. The first kappa shape index (κ1) is 29.8. The van der Waals surface area contributed by atoms with Gasteiger partial charge in [-0.05, 0) is 41.8 Å². The first-order valence-corrected chi connectivity index (χ1v) is 16.7. The number of nitrogens with zero attached hydrogens (tertiary/aromatic N) is 5. The summed E-state index contributed by atoms with van der Waals surface area (Å²) in [7, 11) is 0. The number of benzene rings is 5. The second kappa shape index (κ2) is 11.5. The maximum absolute atomic E-state index is 6.59. The largest absolute Gasteiger partial charge is 2.00 e. The van der Waals surface area contributed by atoms with Crippen LogP contribution in [0.3, 0.4) is 0 Å². The fraction of sp³-hybridized carbons (Fsp3) is 0.0227. The van der Waals surface area contributed by atoms with Gasteiger partial charge in [-0.25, -0.2) is 4.98 Å². The van der Waals surface area contributed by atoms with Gasteiger partial charge in [0.2, 0.25) is 0 Å². The number of aromatic nitrogens is 5. The molecule has 1 aliphatic rings. The molecule has 0 N–H and O–H groups in total. The first-order chi connectivity index (χ1) is 24.8. The quantitative estimate of drug-likeness (QED) is 0.102. The van der Waals surface area contributed by atoms with Crippen LogP contribution in [0.4, 0.5) is 0 Å². The molecule has 0 amide bonds. The van der Waals surface area contributed by atoms with Crippen LogP contribution < -0.4 is 4.74 Å². The minimum Gasteiger partial charge on any atom is -0.503 e. The maximum Gasteiger partial charge on any atom is 2.00 e. The van der Waals surface area contributed by atoms with Crippen molar-refractivity contribution in [2.24, 2.45) is 0 Å². The molecule has 0 unspecified atom stereocenters. The molecule has 5 aromatic carbocycles. The Hall–Kier alpha value is -6.13. The Bertz CT molecular complexity index is 2990. The van der Waals surface area contributed by atoms with Gasteiger partial charge in [0.1, 0.15) is 5.65 Å². The number of ether oxygens (including phenoxy) is 1. The minimum atomic E-state index is 0. The summed E-state index contributed by atoms with van der Waals surface area (Å²) in [5.41, 5.74) is 12.2.